The van der Waals surface area contributed by atoms with Gasteiger partial charge < -0.3 is 0 Å². The summed E-state index contributed by atoms with van der Waals surface area (Å²) in [6.45, 7) is 7.17. The molecule has 4 rings (SSSR count). The first kappa shape index (κ1) is 20.2. The van der Waals surface area contributed by atoms with Gasteiger partial charge in [0.2, 0.25) is 5.91 Å². The fourth-order valence-corrected chi connectivity index (χ4v) is 4.67. The fraction of sp³-hybridized carbons (Fsp3) is 0.440. The van der Waals surface area contributed by atoms with Crippen LogP contribution in [-0.4, -0.2) is 23.2 Å². The van der Waals surface area contributed by atoms with Gasteiger partial charge >= 0.3 is 0 Å². The molecular formula is C25H29ClN2O. The van der Waals surface area contributed by atoms with Gasteiger partial charge in [-0.05, 0) is 59.4 Å². The second-order valence-corrected chi connectivity index (χ2v) is 10.2. The normalized spacial score (nSPS) is 22.4. The standard InChI is InChI=1S/C25H29ClN2O/c1-24(2,3)12-13-28-22(27)16-25(23(28)29,19-10-11-19)20-8-4-6-17(14-20)18-7-5-9-21(26)15-18/h4-9,14-15,19,27H,10-13,16H2,1-3H3. The molecule has 1 heterocycles. The maximum Gasteiger partial charge on any atom is 0.239 e. The summed E-state index contributed by atoms with van der Waals surface area (Å²) >= 11 is 6.19. The summed E-state index contributed by atoms with van der Waals surface area (Å²) in [7, 11) is 0. The second kappa shape index (κ2) is 7.28. The molecule has 1 N–H and O–H groups in total. The van der Waals surface area contributed by atoms with E-state index in [0.717, 1.165) is 36.0 Å². The summed E-state index contributed by atoms with van der Waals surface area (Å²) in [5.41, 5.74) is 2.72. The fourth-order valence-electron chi connectivity index (χ4n) is 4.48. The van der Waals surface area contributed by atoms with Crippen LogP contribution in [0.2, 0.25) is 5.02 Å². The van der Waals surface area contributed by atoms with E-state index < -0.39 is 5.41 Å². The van der Waals surface area contributed by atoms with Gasteiger partial charge in [-0.1, -0.05) is 68.8 Å². The Morgan fingerprint density at radius 3 is 2.38 bits per heavy atom. The van der Waals surface area contributed by atoms with E-state index in [0.29, 0.717) is 29.7 Å². The molecule has 1 unspecified atom stereocenters. The number of hydrogen-bond acceptors (Lipinski definition) is 2. The number of rotatable bonds is 5. The van der Waals surface area contributed by atoms with Gasteiger partial charge in [-0.2, -0.15) is 0 Å². The van der Waals surface area contributed by atoms with Gasteiger partial charge in [-0.15, -0.1) is 0 Å². The molecule has 4 heteroatoms. The Balaban J connectivity index is 1.71. The van der Waals surface area contributed by atoms with Crippen LogP contribution in [0, 0.1) is 16.7 Å². The second-order valence-electron chi connectivity index (χ2n) is 9.73. The SMILES string of the molecule is CC(C)(C)CCN1C(=N)CC(c2cccc(-c3cccc(Cl)c3)c2)(C2CC2)C1=O. The first-order chi connectivity index (χ1) is 13.7. The average Bonchev–Trinajstić information content (AvgIpc) is 3.47. The number of benzene rings is 2. The topological polar surface area (TPSA) is 44.2 Å². The zero-order valence-corrected chi connectivity index (χ0v) is 18.2. The number of nitrogens with one attached hydrogen (secondary N) is 1. The Morgan fingerprint density at radius 1 is 1.10 bits per heavy atom. The quantitative estimate of drug-likeness (QED) is 0.619. The van der Waals surface area contributed by atoms with Crippen LogP contribution in [-0.2, 0) is 10.2 Å². The maximum absolute atomic E-state index is 13.7. The predicted octanol–water partition coefficient (Wildman–Crippen LogP) is 6.30. The Kier molecular flexibility index (Phi) is 5.06. The summed E-state index contributed by atoms with van der Waals surface area (Å²) < 4.78 is 0. The number of carbonyl (C=O) groups excluding carboxylic acids is 1. The van der Waals surface area contributed by atoms with E-state index in [-0.39, 0.29) is 11.3 Å². The van der Waals surface area contributed by atoms with Gasteiger partial charge in [0, 0.05) is 18.0 Å². The van der Waals surface area contributed by atoms with Gasteiger partial charge in [0.05, 0.1) is 5.41 Å². The lowest BCUT2D eigenvalue weighted by atomic mass is 9.73. The molecule has 3 nitrogen and oxygen atoms in total. The summed E-state index contributed by atoms with van der Waals surface area (Å²) in [6.07, 6.45) is 3.53. The molecule has 2 aliphatic rings. The molecule has 1 aliphatic heterocycles. The van der Waals surface area contributed by atoms with Crippen molar-refractivity contribution in [2.45, 2.75) is 51.9 Å². The molecule has 2 aromatic rings. The van der Waals surface area contributed by atoms with Crippen LogP contribution in [0.25, 0.3) is 11.1 Å². The highest BCUT2D eigenvalue weighted by molar-refractivity contribution is 6.30. The van der Waals surface area contributed by atoms with Crippen LogP contribution in [0.1, 0.15) is 52.0 Å². The number of amides is 1. The highest BCUT2D eigenvalue weighted by atomic mass is 35.5. The van der Waals surface area contributed by atoms with Crippen molar-refractivity contribution in [2.24, 2.45) is 11.3 Å². The molecule has 1 saturated carbocycles. The summed E-state index contributed by atoms with van der Waals surface area (Å²) in [5, 5.41) is 9.31. The number of nitrogens with zero attached hydrogens (tertiary/aromatic N) is 1. The molecule has 1 atom stereocenters. The third-order valence-corrected chi connectivity index (χ3v) is 6.53. The molecule has 1 amide bonds. The number of likely N-dealkylation sites (tertiary alicyclic amines) is 1. The smallest absolute Gasteiger partial charge is 0.239 e. The van der Waals surface area contributed by atoms with Crippen LogP contribution in [0.5, 0.6) is 0 Å². The van der Waals surface area contributed by atoms with Crippen LogP contribution in [0.4, 0.5) is 0 Å². The first-order valence-corrected chi connectivity index (χ1v) is 10.8. The minimum atomic E-state index is -0.580. The molecule has 0 bridgehead atoms. The minimum Gasteiger partial charge on any atom is -0.300 e. The highest BCUT2D eigenvalue weighted by Crippen LogP contribution is 2.54. The van der Waals surface area contributed by atoms with E-state index in [9.17, 15) is 4.79 Å². The number of carbonyl (C=O) groups is 1. The molecule has 2 fully saturated rings. The van der Waals surface area contributed by atoms with Crippen molar-refractivity contribution >= 4 is 23.3 Å². The molecule has 152 valence electrons. The Morgan fingerprint density at radius 2 is 1.76 bits per heavy atom. The maximum atomic E-state index is 13.7. The first-order valence-electron chi connectivity index (χ1n) is 10.5. The zero-order chi connectivity index (χ0) is 20.8. The van der Waals surface area contributed by atoms with Crippen molar-refractivity contribution in [3.8, 4) is 11.1 Å². The van der Waals surface area contributed by atoms with Crippen LogP contribution in [0.3, 0.4) is 0 Å². The largest absolute Gasteiger partial charge is 0.300 e. The lowest BCUT2D eigenvalue weighted by Gasteiger charge is -2.29. The third kappa shape index (κ3) is 3.85. The average molecular weight is 409 g/mol. The van der Waals surface area contributed by atoms with E-state index in [1.807, 2.05) is 30.3 Å². The number of amidine groups is 1. The van der Waals surface area contributed by atoms with Gasteiger partial charge in [0.1, 0.15) is 5.84 Å². The van der Waals surface area contributed by atoms with Crippen molar-refractivity contribution in [1.29, 1.82) is 5.41 Å². The van der Waals surface area contributed by atoms with Gasteiger partial charge in [0.15, 0.2) is 0 Å². The molecule has 1 saturated heterocycles. The Bertz CT molecular complexity index is 957. The highest BCUT2D eigenvalue weighted by Gasteiger charge is 2.58. The van der Waals surface area contributed by atoms with Crippen LogP contribution < -0.4 is 0 Å². The molecular weight excluding hydrogens is 380 g/mol. The Labute approximate surface area is 178 Å². The molecule has 0 spiro atoms. The number of hydrogen-bond donors (Lipinski definition) is 1. The van der Waals surface area contributed by atoms with Gasteiger partial charge in [-0.3, -0.25) is 15.1 Å². The summed E-state index contributed by atoms with van der Waals surface area (Å²) in [4.78, 5) is 15.4. The lowest BCUT2D eigenvalue weighted by molar-refractivity contribution is -0.131. The Hall–Kier alpha value is -2.13. The molecule has 2 aromatic carbocycles. The molecule has 0 radical (unpaired) electrons. The third-order valence-electron chi connectivity index (χ3n) is 6.29. The molecule has 0 aromatic heterocycles. The molecule has 1 aliphatic carbocycles. The van der Waals surface area contributed by atoms with E-state index in [4.69, 9.17) is 17.0 Å². The van der Waals surface area contributed by atoms with E-state index in [2.05, 4.69) is 39.0 Å². The van der Waals surface area contributed by atoms with Crippen molar-refractivity contribution in [3.63, 3.8) is 0 Å². The zero-order valence-electron chi connectivity index (χ0n) is 17.5. The van der Waals surface area contributed by atoms with Gasteiger partial charge in [0.25, 0.3) is 0 Å². The van der Waals surface area contributed by atoms with E-state index in [1.54, 1.807) is 4.90 Å². The van der Waals surface area contributed by atoms with Crippen molar-refractivity contribution in [3.05, 3.63) is 59.1 Å². The summed E-state index contributed by atoms with van der Waals surface area (Å²) in [6, 6.07) is 16.1. The summed E-state index contributed by atoms with van der Waals surface area (Å²) in [5.74, 6) is 0.932. The van der Waals surface area contributed by atoms with Crippen molar-refractivity contribution in [1.82, 2.24) is 4.90 Å². The number of halogens is 1. The van der Waals surface area contributed by atoms with Gasteiger partial charge in [-0.25, -0.2) is 0 Å². The van der Waals surface area contributed by atoms with Crippen LogP contribution in [0.15, 0.2) is 48.5 Å². The van der Waals surface area contributed by atoms with Crippen LogP contribution >= 0.6 is 11.6 Å². The van der Waals surface area contributed by atoms with E-state index >= 15 is 0 Å². The van der Waals surface area contributed by atoms with Crippen molar-refractivity contribution < 1.29 is 4.79 Å². The minimum absolute atomic E-state index is 0.123. The monoisotopic (exact) mass is 408 g/mol. The lowest BCUT2D eigenvalue weighted by Crippen LogP contribution is -2.41. The van der Waals surface area contributed by atoms with Crippen molar-refractivity contribution in [2.75, 3.05) is 6.54 Å². The molecule has 29 heavy (non-hydrogen) atoms. The predicted molar refractivity (Wildman–Crippen MR) is 119 cm³/mol. The van der Waals surface area contributed by atoms with E-state index in [1.165, 1.54) is 0 Å².